The van der Waals surface area contributed by atoms with E-state index in [4.69, 9.17) is 4.74 Å². The smallest absolute Gasteiger partial charge is 0.338 e. The van der Waals surface area contributed by atoms with Crippen LogP contribution < -0.4 is 5.32 Å². The molecule has 0 atom stereocenters. The number of carbonyl (C=O) groups excluding carboxylic acids is 2. The molecule has 1 aromatic rings. The van der Waals surface area contributed by atoms with Gasteiger partial charge in [0.05, 0.1) is 12.2 Å². The summed E-state index contributed by atoms with van der Waals surface area (Å²) < 4.78 is 4.95. The molecule has 0 aromatic heterocycles. The maximum absolute atomic E-state index is 11.4. The fourth-order valence-corrected chi connectivity index (χ4v) is 1.05. The first-order valence-corrected chi connectivity index (χ1v) is 4.75. The summed E-state index contributed by atoms with van der Waals surface area (Å²) in [4.78, 5) is 21.5. The minimum atomic E-state index is -0.338. The van der Waals surface area contributed by atoms with Crippen LogP contribution in [0.25, 0.3) is 0 Å². The molecule has 0 unspecified atom stereocenters. The van der Waals surface area contributed by atoms with E-state index in [1.165, 1.54) is 0 Å². The molecule has 0 aliphatic rings. The van der Waals surface area contributed by atoms with Crippen molar-refractivity contribution in [1.82, 2.24) is 0 Å². The van der Waals surface area contributed by atoms with Crippen molar-refractivity contribution in [2.45, 2.75) is 13.3 Å². The SMILES string of the molecule is CCCOC(=O)c1ccc(NC=O)cc1. The van der Waals surface area contributed by atoms with Gasteiger partial charge in [0, 0.05) is 5.69 Å². The van der Waals surface area contributed by atoms with E-state index in [2.05, 4.69) is 5.32 Å². The van der Waals surface area contributed by atoms with E-state index in [0.717, 1.165) is 6.42 Å². The standard InChI is InChI=1S/C11H13NO3/c1-2-7-15-11(14)9-3-5-10(6-4-9)12-8-13/h3-6,8H,2,7H2,1H3,(H,12,13). The highest BCUT2D eigenvalue weighted by Gasteiger charge is 2.05. The molecule has 0 spiro atoms. The molecule has 0 radical (unpaired) electrons. The van der Waals surface area contributed by atoms with Crippen molar-refractivity contribution in [1.29, 1.82) is 0 Å². The quantitative estimate of drug-likeness (QED) is 0.592. The van der Waals surface area contributed by atoms with Crippen LogP contribution in [0.15, 0.2) is 24.3 Å². The number of amides is 1. The summed E-state index contributed by atoms with van der Waals surface area (Å²) in [5.74, 6) is -0.338. The van der Waals surface area contributed by atoms with Crippen LogP contribution in [0.2, 0.25) is 0 Å². The maximum Gasteiger partial charge on any atom is 0.338 e. The predicted octanol–water partition coefficient (Wildman–Crippen LogP) is 1.82. The lowest BCUT2D eigenvalue weighted by Gasteiger charge is -2.03. The van der Waals surface area contributed by atoms with Crippen LogP contribution in [0.4, 0.5) is 5.69 Å². The Hall–Kier alpha value is -1.84. The first-order valence-electron chi connectivity index (χ1n) is 4.75. The second-order valence-electron chi connectivity index (χ2n) is 2.98. The minimum Gasteiger partial charge on any atom is -0.462 e. The summed E-state index contributed by atoms with van der Waals surface area (Å²) in [6, 6.07) is 6.53. The molecule has 1 N–H and O–H groups in total. The highest BCUT2D eigenvalue weighted by atomic mass is 16.5. The van der Waals surface area contributed by atoms with Gasteiger partial charge in [0.25, 0.3) is 0 Å². The zero-order valence-corrected chi connectivity index (χ0v) is 8.53. The molecule has 15 heavy (non-hydrogen) atoms. The van der Waals surface area contributed by atoms with E-state index in [-0.39, 0.29) is 5.97 Å². The van der Waals surface area contributed by atoms with E-state index < -0.39 is 0 Å². The number of ether oxygens (including phenoxy) is 1. The van der Waals surface area contributed by atoms with Crippen molar-refractivity contribution in [2.75, 3.05) is 11.9 Å². The number of hydrogen-bond acceptors (Lipinski definition) is 3. The summed E-state index contributed by atoms with van der Waals surface area (Å²) in [5, 5.41) is 2.48. The second kappa shape index (κ2) is 5.80. The van der Waals surface area contributed by atoms with E-state index in [9.17, 15) is 9.59 Å². The van der Waals surface area contributed by atoms with Crippen LogP contribution >= 0.6 is 0 Å². The second-order valence-corrected chi connectivity index (χ2v) is 2.98. The Labute approximate surface area is 88.2 Å². The number of nitrogens with one attached hydrogen (secondary N) is 1. The lowest BCUT2D eigenvalue weighted by molar-refractivity contribution is -0.105. The number of esters is 1. The molecule has 0 fully saturated rings. The Morgan fingerprint density at radius 2 is 2.07 bits per heavy atom. The van der Waals surface area contributed by atoms with Gasteiger partial charge in [-0.3, -0.25) is 4.79 Å². The number of carbonyl (C=O) groups is 2. The molecular formula is C11H13NO3. The third-order valence-electron chi connectivity index (χ3n) is 1.78. The number of hydrogen-bond donors (Lipinski definition) is 1. The first kappa shape index (κ1) is 11.2. The van der Waals surface area contributed by atoms with Crippen LogP contribution in [0.5, 0.6) is 0 Å². The summed E-state index contributed by atoms with van der Waals surface area (Å²) in [7, 11) is 0. The van der Waals surface area contributed by atoms with Crippen LogP contribution in [0.3, 0.4) is 0 Å². The van der Waals surface area contributed by atoms with Crippen molar-refractivity contribution in [3.05, 3.63) is 29.8 Å². The lowest BCUT2D eigenvalue weighted by Crippen LogP contribution is -2.05. The van der Waals surface area contributed by atoms with Crippen LogP contribution in [0.1, 0.15) is 23.7 Å². The van der Waals surface area contributed by atoms with Gasteiger partial charge in [-0.2, -0.15) is 0 Å². The highest BCUT2D eigenvalue weighted by Crippen LogP contribution is 2.09. The summed E-state index contributed by atoms with van der Waals surface area (Å²) >= 11 is 0. The fraction of sp³-hybridized carbons (Fsp3) is 0.273. The van der Waals surface area contributed by atoms with E-state index in [0.29, 0.717) is 24.3 Å². The molecule has 1 rings (SSSR count). The molecule has 1 aromatic carbocycles. The minimum absolute atomic E-state index is 0.338. The van der Waals surface area contributed by atoms with Gasteiger partial charge in [0.15, 0.2) is 0 Å². The van der Waals surface area contributed by atoms with Gasteiger partial charge in [-0.1, -0.05) is 6.92 Å². The third kappa shape index (κ3) is 3.42. The summed E-state index contributed by atoms with van der Waals surface area (Å²) in [5.41, 5.74) is 1.14. The zero-order valence-electron chi connectivity index (χ0n) is 8.53. The van der Waals surface area contributed by atoms with Crippen molar-refractivity contribution in [2.24, 2.45) is 0 Å². The Morgan fingerprint density at radius 1 is 1.40 bits per heavy atom. The van der Waals surface area contributed by atoms with Crippen molar-refractivity contribution < 1.29 is 14.3 Å². The van der Waals surface area contributed by atoms with Gasteiger partial charge in [0.1, 0.15) is 0 Å². The van der Waals surface area contributed by atoms with Gasteiger partial charge in [-0.15, -0.1) is 0 Å². The molecule has 0 aliphatic heterocycles. The van der Waals surface area contributed by atoms with Crippen molar-refractivity contribution in [3.63, 3.8) is 0 Å². The Kier molecular flexibility index (Phi) is 4.34. The molecule has 0 saturated carbocycles. The number of rotatable bonds is 5. The number of benzene rings is 1. The average molecular weight is 207 g/mol. The first-order chi connectivity index (χ1) is 7.27. The monoisotopic (exact) mass is 207 g/mol. The normalized spacial score (nSPS) is 9.40. The molecule has 0 aliphatic carbocycles. The fourth-order valence-electron chi connectivity index (χ4n) is 1.05. The molecule has 0 saturated heterocycles. The van der Waals surface area contributed by atoms with E-state index >= 15 is 0 Å². The van der Waals surface area contributed by atoms with Gasteiger partial charge >= 0.3 is 5.97 Å². The van der Waals surface area contributed by atoms with Crippen molar-refractivity contribution in [3.8, 4) is 0 Å². The van der Waals surface area contributed by atoms with E-state index in [1.807, 2.05) is 6.92 Å². The molecule has 0 bridgehead atoms. The van der Waals surface area contributed by atoms with Crippen molar-refractivity contribution >= 4 is 18.1 Å². The van der Waals surface area contributed by atoms with Gasteiger partial charge in [-0.25, -0.2) is 4.79 Å². The van der Waals surface area contributed by atoms with Crippen LogP contribution in [0, 0.1) is 0 Å². The lowest BCUT2D eigenvalue weighted by atomic mass is 10.2. The van der Waals surface area contributed by atoms with Crippen LogP contribution in [-0.2, 0) is 9.53 Å². The Bertz CT molecular complexity index is 332. The van der Waals surface area contributed by atoms with E-state index in [1.54, 1.807) is 24.3 Å². The largest absolute Gasteiger partial charge is 0.462 e. The molecule has 4 heteroatoms. The van der Waals surface area contributed by atoms with Crippen LogP contribution in [-0.4, -0.2) is 19.0 Å². The highest BCUT2D eigenvalue weighted by molar-refractivity contribution is 5.90. The molecule has 0 heterocycles. The molecular weight excluding hydrogens is 194 g/mol. The Balaban J connectivity index is 2.62. The van der Waals surface area contributed by atoms with Gasteiger partial charge in [-0.05, 0) is 30.7 Å². The third-order valence-corrected chi connectivity index (χ3v) is 1.78. The predicted molar refractivity (Wildman–Crippen MR) is 56.7 cm³/mol. The molecule has 4 nitrogen and oxygen atoms in total. The average Bonchev–Trinajstić information content (AvgIpc) is 2.27. The molecule has 80 valence electrons. The Morgan fingerprint density at radius 3 is 2.60 bits per heavy atom. The molecule has 1 amide bonds. The maximum atomic E-state index is 11.4. The number of anilines is 1. The topological polar surface area (TPSA) is 55.4 Å². The van der Waals surface area contributed by atoms with Gasteiger partial charge < -0.3 is 10.1 Å². The zero-order chi connectivity index (χ0) is 11.1. The summed E-state index contributed by atoms with van der Waals surface area (Å²) in [6.45, 7) is 2.36. The van der Waals surface area contributed by atoms with Gasteiger partial charge in [0.2, 0.25) is 6.41 Å². The summed E-state index contributed by atoms with van der Waals surface area (Å²) in [6.07, 6.45) is 1.39.